The van der Waals surface area contributed by atoms with E-state index in [1.165, 1.54) is 27.7 Å². The quantitative estimate of drug-likeness (QED) is 0.312. The molecule has 0 radical (unpaired) electrons. The number of hydrogen-bond donors (Lipinski definition) is 1. The number of anilines is 1. The van der Waals surface area contributed by atoms with Crippen LogP contribution in [0.2, 0.25) is 5.02 Å². The molecule has 0 fully saturated rings. The van der Waals surface area contributed by atoms with Crippen molar-refractivity contribution in [3.8, 4) is 0 Å². The Morgan fingerprint density at radius 3 is 2.64 bits per heavy atom. The standard InChI is InChI=1S/C21H16ClN3OS2/c22-17-10-8-14(9-11-17)12-19(26)23-20-24-25-21(28-20)27-13-16-6-3-5-15-4-1-2-7-18(15)16/h1-11H,12-13H2,(H,23,24,26). The van der Waals surface area contributed by atoms with Crippen molar-refractivity contribution < 1.29 is 4.79 Å². The number of carbonyl (C=O) groups excluding carboxylic acids is 1. The molecular weight excluding hydrogens is 410 g/mol. The number of nitrogens with zero attached hydrogens (tertiary/aromatic N) is 2. The first-order valence-electron chi connectivity index (χ1n) is 8.64. The van der Waals surface area contributed by atoms with Crippen LogP contribution in [-0.2, 0) is 17.0 Å². The first-order valence-corrected chi connectivity index (χ1v) is 10.8. The van der Waals surface area contributed by atoms with Crippen LogP contribution in [0.4, 0.5) is 5.13 Å². The van der Waals surface area contributed by atoms with Gasteiger partial charge in [-0.15, -0.1) is 10.2 Å². The maximum atomic E-state index is 12.2. The molecule has 7 heteroatoms. The van der Waals surface area contributed by atoms with Crippen molar-refractivity contribution in [3.05, 3.63) is 82.9 Å². The molecule has 0 atom stereocenters. The van der Waals surface area contributed by atoms with Crippen LogP contribution < -0.4 is 5.32 Å². The predicted octanol–water partition coefficient (Wildman–Crippen LogP) is 5.82. The zero-order chi connectivity index (χ0) is 19.3. The summed E-state index contributed by atoms with van der Waals surface area (Å²) in [6.45, 7) is 0. The van der Waals surface area contributed by atoms with E-state index in [0.717, 1.165) is 15.7 Å². The minimum absolute atomic E-state index is 0.121. The molecule has 4 aromatic rings. The lowest BCUT2D eigenvalue weighted by atomic mass is 10.1. The number of halogens is 1. The third kappa shape index (κ3) is 4.70. The number of nitrogens with one attached hydrogen (secondary N) is 1. The highest BCUT2D eigenvalue weighted by Gasteiger charge is 2.10. The molecule has 140 valence electrons. The summed E-state index contributed by atoms with van der Waals surface area (Å²) in [4.78, 5) is 12.2. The van der Waals surface area contributed by atoms with Crippen LogP contribution in [0.25, 0.3) is 10.8 Å². The molecule has 0 saturated heterocycles. The lowest BCUT2D eigenvalue weighted by molar-refractivity contribution is -0.115. The summed E-state index contributed by atoms with van der Waals surface area (Å²) < 4.78 is 0.828. The Labute approximate surface area is 176 Å². The van der Waals surface area contributed by atoms with E-state index in [0.29, 0.717) is 10.2 Å². The SMILES string of the molecule is O=C(Cc1ccc(Cl)cc1)Nc1nnc(SCc2cccc3ccccc23)s1. The van der Waals surface area contributed by atoms with Gasteiger partial charge in [0.25, 0.3) is 0 Å². The van der Waals surface area contributed by atoms with E-state index in [9.17, 15) is 4.79 Å². The molecule has 0 bridgehead atoms. The predicted molar refractivity (Wildman–Crippen MR) is 117 cm³/mol. The number of rotatable bonds is 6. The van der Waals surface area contributed by atoms with Gasteiger partial charge in [-0.25, -0.2) is 0 Å². The summed E-state index contributed by atoms with van der Waals surface area (Å²) in [5.41, 5.74) is 2.16. The largest absolute Gasteiger partial charge is 0.300 e. The minimum Gasteiger partial charge on any atom is -0.300 e. The molecule has 0 aliphatic rings. The molecule has 0 saturated carbocycles. The van der Waals surface area contributed by atoms with Gasteiger partial charge >= 0.3 is 0 Å². The van der Waals surface area contributed by atoms with Crippen LogP contribution in [0, 0.1) is 0 Å². The van der Waals surface area contributed by atoms with Gasteiger partial charge in [-0.1, -0.05) is 89.3 Å². The summed E-state index contributed by atoms with van der Waals surface area (Å²) in [6, 6.07) is 21.9. The first kappa shape index (κ1) is 18.9. The topological polar surface area (TPSA) is 54.9 Å². The van der Waals surface area contributed by atoms with Gasteiger partial charge in [0.15, 0.2) is 4.34 Å². The zero-order valence-corrected chi connectivity index (χ0v) is 17.2. The van der Waals surface area contributed by atoms with Crippen LogP contribution in [0.3, 0.4) is 0 Å². The Morgan fingerprint density at radius 1 is 1.00 bits per heavy atom. The monoisotopic (exact) mass is 425 g/mol. The van der Waals surface area contributed by atoms with E-state index >= 15 is 0 Å². The molecule has 0 aliphatic heterocycles. The third-order valence-electron chi connectivity index (χ3n) is 4.16. The van der Waals surface area contributed by atoms with Gasteiger partial charge in [0.2, 0.25) is 11.0 Å². The molecule has 3 aromatic carbocycles. The van der Waals surface area contributed by atoms with Crippen LogP contribution in [0.15, 0.2) is 71.1 Å². The molecule has 1 amide bonds. The average Bonchev–Trinajstić information content (AvgIpc) is 3.15. The number of carbonyl (C=O) groups is 1. The van der Waals surface area contributed by atoms with Gasteiger partial charge < -0.3 is 5.32 Å². The Kier molecular flexibility index (Phi) is 5.90. The third-order valence-corrected chi connectivity index (χ3v) is 6.43. The van der Waals surface area contributed by atoms with Gasteiger partial charge in [0.05, 0.1) is 6.42 Å². The minimum atomic E-state index is -0.121. The van der Waals surface area contributed by atoms with Crippen molar-refractivity contribution in [1.82, 2.24) is 10.2 Å². The Hall–Kier alpha value is -2.41. The summed E-state index contributed by atoms with van der Waals surface area (Å²) >= 11 is 8.87. The van der Waals surface area contributed by atoms with Gasteiger partial charge in [-0.2, -0.15) is 0 Å². The van der Waals surface area contributed by atoms with Gasteiger partial charge in [-0.3, -0.25) is 4.79 Å². The van der Waals surface area contributed by atoms with Crippen molar-refractivity contribution in [3.63, 3.8) is 0 Å². The van der Waals surface area contributed by atoms with Crippen LogP contribution >= 0.6 is 34.7 Å². The van der Waals surface area contributed by atoms with Crippen LogP contribution in [-0.4, -0.2) is 16.1 Å². The van der Waals surface area contributed by atoms with Crippen molar-refractivity contribution in [1.29, 1.82) is 0 Å². The lowest BCUT2D eigenvalue weighted by Crippen LogP contribution is -2.14. The molecule has 1 N–H and O–H groups in total. The summed E-state index contributed by atoms with van der Waals surface area (Å²) in [7, 11) is 0. The number of fused-ring (bicyclic) bond motifs is 1. The molecular formula is C21H16ClN3OS2. The normalized spacial score (nSPS) is 10.9. The van der Waals surface area contributed by atoms with E-state index in [4.69, 9.17) is 11.6 Å². The molecule has 4 rings (SSSR count). The van der Waals surface area contributed by atoms with Crippen molar-refractivity contribution >= 4 is 56.5 Å². The highest BCUT2D eigenvalue weighted by Crippen LogP contribution is 2.30. The lowest BCUT2D eigenvalue weighted by Gasteiger charge is -2.04. The van der Waals surface area contributed by atoms with Crippen molar-refractivity contribution in [2.45, 2.75) is 16.5 Å². The molecule has 1 heterocycles. The number of thioether (sulfide) groups is 1. The van der Waals surface area contributed by atoms with Gasteiger partial charge in [0, 0.05) is 10.8 Å². The van der Waals surface area contributed by atoms with E-state index in [2.05, 4.69) is 51.9 Å². The molecule has 1 aromatic heterocycles. The second-order valence-electron chi connectivity index (χ2n) is 6.15. The number of hydrogen-bond acceptors (Lipinski definition) is 5. The Bertz CT molecular complexity index is 1110. The second-order valence-corrected chi connectivity index (χ2v) is 8.79. The van der Waals surface area contributed by atoms with Crippen molar-refractivity contribution in [2.24, 2.45) is 0 Å². The van der Waals surface area contributed by atoms with E-state index in [1.54, 1.807) is 23.9 Å². The fourth-order valence-corrected chi connectivity index (χ4v) is 4.73. The molecule has 0 spiro atoms. The smallest absolute Gasteiger partial charge is 0.230 e. The second kappa shape index (κ2) is 8.73. The summed E-state index contributed by atoms with van der Waals surface area (Å²) in [5.74, 6) is 0.679. The maximum absolute atomic E-state index is 12.2. The maximum Gasteiger partial charge on any atom is 0.230 e. The summed E-state index contributed by atoms with van der Waals surface area (Å²) in [5, 5.41) is 14.7. The van der Waals surface area contributed by atoms with Gasteiger partial charge in [-0.05, 0) is 34.0 Å². The van der Waals surface area contributed by atoms with Crippen LogP contribution in [0.5, 0.6) is 0 Å². The van der Waals surface area contributed by atoms with E-state index < -0.39 is 0 Å². The highest BCUT2D eigenvalue weighted by atomic mass is 35.5. The number of benzene rings is 3. The molecule has 0 unspecified atom stereocenters. The highest BCUT2D eigenvalue weighted by molar-refractivity contribution is 8.00. The zero-order valence-electron chi connectivity index (χ0n) is 14.8. The number of amides is 1. The number of aromatic nitrogens is 2. The van der Waals surface area contributed by atoms with Gasteiger partial charge in [0.1, 0.15) is 0 Å². The fraction of sp³-hybridized carbons (Fsp3) is 0.0952. The van der Waals surface area contributed by atoms with E-state index in [-0.39, 0.29) is 12.3 Å². The molecule has 4 nitrogen and oxygen atoms in total. The summed E-state index contributed by atoms with van der Waals surface area (Å²) in [6.07, 6.45) is 0.273. The Balaban J connectivity index is 1.36. The van der Waals surface area contributed by atoms with Crippen LogP contribution in [0.1, 0.15) is 11.1 Å². The average molecular weight is 426 g/mol. The Morgan fingerprint density at radius 2 is 1.79 bits per heavy atom. The molecule has 0 aliphatic carbocycles. The molecule has 28 heavy (non-hydrogen) atoms. The van der Waals surface area contributed by atoms with E-state index in [1.807, 2.05) is 18.2 Å². The first-order chi connectivity index (χ1) is 13.7. The fourth-order valence-electron chi connectivity index (χ4n) is 2.83. The van der Waals surface area contributed by atoms with Crippen molar-refractivity contribution in [2.75, 3.05) is 5.32 Å².